The molecule has 1 aromatic heterocycles. The summed E-state index contributed by atoms with van der Waals surface area (Å²) in [6.07, 6.45) is 2.38. The molecule has 82 valence electrons. The predicted octanol–water partition coefficient (Wildman–Crippen LogP) is 3.98. The first-order valence-electron chi connectivity index (χ1n) is 4.56. The minimum Gasteiger partial charge on any atom is -0.240 e. The third-order valence-electron chi connectivity index (χ3n) is 2.03. The van der Waals surface area contributed by atoms with E-state index < -0.39 is 0 Å². The molecule has 0 atom stereocenters. The Morgan fingerprint density at radius 2 is 1.81 bits per heavy atom. The van der Waals surface area contributed by atoms with Gasteiger partial charge in [0.25, 0.3) is 0 Å². The van der Waals surface area contributed by atoms with Crippen LogP contribution in [-0.2, 0) is 6.42 Å². The highest BCUT2D eigenvalue weighted by Crippen LogP contribution is 2.16. The van der Waals surface area contributed by atoms with Crippen LogP contribution in [0.3, 0.4) is 0 Å². The monoisotopic (exact) mass is 364 g/mol. The third kappa shape index (κ3) is 3.06. The Kier molecular flexibility index (Phi) is 4.00. The Bertz CT molecular complexity index is 500. The first kappa shape index (κ1) is 12.1. The molecule has 5 heteroatoms. The molecule has 0 radical (unpaired) electrons. The lowest BCUT2D eigenvalue weighted by molar-refractivity contribution is 0.961. The molecular formula is C11H7Cl2IN2. The summed E-state index contributed by atoms with van der Waals surface area (Å²) in [5, 5.41) is 1.23. The maximum absolute atomic E-state index is 5.93. The summed E-state index contributed by atoms with van der Waals surface area (Å²) < 4.78 is 0.860. The molecule has 0 bridgehead atoms. The fourth-order valence-electron chi connectivity index (χ4n) is 1.25. The van der Waals surface area contributed by atoms with Crippen LogP contribution in [0.5, 0.6) is 0 Å². The van der Waals surface area contributed by atoms with E-state index >= 15 is 0 Å². The van der Waals surface area contributed by atoms with Gasteiger partial charge >= 0.3 is 0 Å². The summed E-state index contributed by atoms with van der Waals surface area (Å²) in [6, 6.07) is 7.62. The predicted molar refractivity (Wildman–Crippen MR) is 74.0 cm³/mol. The van der Waals surface area contributed by atoms with Crippen LogP contribution < -0.4 is 0 Å². The van der Waals surface area contributed by atoms with Crippen LogP contribution >= 0.6 is 45.8 Å². The lowest BCUT2D eigenvalue weighted by Crippen LogP contribution is -1.97. The number of hydrogen-bond acceptors (Lipinski definition) is 2. The van der Waals surface area contributed by atoms with E-state index in [4.69, 9.17) is 23.2 Å². The van der Waals surface area contributed by atoms with Crippen molar-refractivity contribution in [2.75, 3.05) is 0 Å². The lowest BCUT2D eigenvalue weighted by atomic mass is 10.1. The van der Waals surface area contributed by atoms with Crippen LogP contribution in [0.1, 0.15) is 11.4 Å². The van der Waals surface area contributed by atoms with Gasteiger partial charge in [-0.25, -0.2) is 9.97 Å². The van der Waals surface area contributed by atoms with E-state index in [0.29, 0.717) is 17.4 Å². The Morgan fingerprint density at radius 3 is 2.44 bits per heavy atom. The molecular weight excluding hydrogens is 358 g/mol. The van der Waals surface area contributed by atoms with Gasteiger partial charge in [-0.2, -0.15) is 0 Å². The van der Waals surface area contributed by atoms with Gasteiger partial charge in [-0.05, 0) is 40.3 Å². The molecule has 0 N–H and O–H groups in total. The van der Waals surface area contributed by atoms with E-state index in [1.807, 2.05) is 24.3 Å². The van der Waals surface area contributed by atoms with E-state index in [1.54, 1.807) is 6.20 Å². The molecule has 16 heavy (non-hydrogen) atoms. The second-order valence-corrected chi connectivity index (χ2v) is 5.18. The molecule has 1 heterocycles. The van der Waals surface area contributed by atoms with Crippen molar-refractivity contribution in [2.45, 2.75) is 6.42 Å². The fraction of sp³-hybridized carbons (Fsp3) is 0.0909. The van der Waals surface area contributed by atoms with Crippen molar-refractivity contribution in [3.8, 4) is 0 Å². The number of aromatic nitrogens is 2. The molecule has 0 aliphatic carbocycles. The molecule has 2 rings (SSSR count). The normalized spacial score (nSPS) is 10.4. The van der Waals surface area contributed by atoms with Gasteiger partial charge in [0, 0.05) is 17.6 Å². The van der Waals surface area contributed by atoms with Gasteiger partial charge in [0.1, 0.15) is 11.0 Å². The summed E-state index contributed by atoms with van der Waals surface area (Å²) in [5.41, 5.74) is 1.11. The fourth-order valence-corrected chi connectivity index (χ4v) is 1.78. The van der Waals surface area contributed by atoms with E-state index in [-0.39, 0.29) is 0 Å². The number of nitrogens with zero attached hydrogens (tertiary/aromatic N) is 2. The van der Waals surface area contributed by atoms with Crippen LogP contribution in [0, 0.1) is 3.57 Å². The highest BCUT2D eigenvalue weighted by Gasteiger charge is 2.03. The molecule has 2 nitrogen and oxygen atoms in total. The van der Waals surface area contributed by atoms with Crippen LogP contribution in [0.15, 0.2) is 30.5 Å². The highest BCUT2D eigenvalue weighted by atomic mass is 127. The molecule has 1 aromatic carbocycles. The van der Waals surface area contributed by atoms with Gasteiger partial charge < -0.3 is 0 Å². The first-order valence-corrected chi connectivity index (χ1v) is 6.40. The molecule has 0 unspecified atom stereocenters. The van der Waals surface area contributed by atoms with Crippen LogP contribution in [0.2, 0.25) is 10.2 Å². The third-order valence-corrected chi connectivity index (χ3v) is 3.68. The Morgan fingerprint density at radius 1 is 1.12 bits per heavy atom. The molecule has 0 aliphatic rings. The lowest BCUT2D eigenvalue weighted by Gasteiger charge is -2.02. The van der Waals surface area contributed by atoms with E-state index in [1.165, 1.54) is 0 Å². The second kappa shape index (κ2) is 5.29. The largest absolute Gasteiger partial charge is 0.240 e. The molecule has 0 fully saturated rings. The van der Waals surface area contributed by atoms with Gasteiger partial charge in [-0.1, -0.05) is 35.3 Å². The number of hydrogen-bond donors (Lipinski definition) is 0. The van der Waals surface area contributed by atoms with E-state index in [0.717, 1.165) is 14.2 Å². The summed E-state index contributed by atoms with van der Waals surface area (Å²) in [4.78, 5) is 8.43. The van der Waals surface area contributed by atoms with Gasteiger partial charge in [0.15, 0.2) is 0 Å². The molecule has 0 amide bonds. The van der Waals surface area contributed by atoms with E-state index in [2.05, 4.69) is 32.6 Å². The number of halogens is 3. The van der Waals surface area contributed by atoms with Crippen LogP contribution in [0.4, 0.5) is 0 Å². The van der Waals surface area contributed by atoms with Gasteiger partial charge in [0.05, 0.1) is 3.57 Å². The maximum Gasteiger partial charge on any atom is 0.146 e. The van der Waals surface area contributed by atoms with Crippen molar-refractivity contribution in [1.29, 1.82) is 0 Å². The Labute approximate surface area is 117 Å². The van der Waals surface area contributed by atoms with E-state index in [9.17, 15) is 0 Å². The van der Waals surface area contributed by atoms with Gasteiger partial charge in [0.2, 0.25) is 0 Å². The quantitative estimate of drug-likeness (QED) is 0.595. The smallest absolute Gasteiger partial charge is 0.146 e. The summed E-state index contributed by atoms with van der Waals surface area (Å²) >= 11 is 13.8. The average Bonchev–Trinajstić information content (AvgIpc) is 2.27. The Balaban J connectivity index is 2.20. The van der Waals surface area contributed by atoms with Crippen molar-refractivity contribution >= 4 is 45.8 Å². The van der Waals surface area contributed by atoms with Crippen molar-refractivity contribution in [2.24, 2.45) is 0 Å². The van der Waals surface area contributed by atoms with Crippen molar-refractivity contribution in [3.05, 3.63) is 55.6 Å². The SMILES string of the molecule is Clc1ccc(Cc2ncc(I)c(Cl)n2)cc1. The second-order valence-electron chi connectivity index (χ2n) is 3.23. The standard InChI is InChI=1S/C11H7Cl2IN2/c12-8-3-1-7(2-4-8)5-10-15-6-9(14)11(13)16-10/h1-4,6H,5H2. The number of benzene rings is 1. The number of rotatable bonds is 2. The zero-order valence-corrected chi connectivity index (χ0v) is 11.8. The molecule has 0 aliphatic heterocycles. The van der Waals surface area contributed by atoms with Crippen LogP contribution in [0.25, 0.3) is 0 Å². The average molecular weight is 365 g/mol. The van der Waals surface area contributed by atoms with Crippen LogP contribution in [-0.4, -0.2) is 9.97 Å². The maximum atomic E-state index is 5.93. The van der Waals surface area contributed by atoms with Crippen molar-refractivity contribution in [1.82, 2.24) is 9.97 Å². The summed E-state index contributed by atoms with van der Waals surface area (Å²) in [5.74, 6) is 0.715. The first-order chi connectivity index (χ1) is 7.65. The van der Waals surface area contributed by atoms with Gasteiger partial charge in [-0.15, -0.1) is 0 Å². The summed E-state index contributed by atoms with van der Waals surface area (Å²) in [6.45, 7) is 0. The molecule has 2 aromatic rings. The van der Waals surface area contributed by atoms with Gasteiger partial charge in [-0.3, -0.25) is 0 Å². The summed E-state index contributed by atoms with van der Waals surface area (Å²) in [7, 11) is 0. The molecule has 0 saturated heterocycles. The Hall–Kier alpha value is -0.390. The van der Waals surface area contributed by atoms with Crippen molar-refractivity contribution < 1.29 is 0 Å². The minimum absolute atomic E-state index is 0.500. The topological polar surface area (TPSA) is 25.8 Å². The highest BCUT2D eigenvalue weighted by molar-refractivity contribution is 14.1. The zero-order valence-electron chi connectivity index (χ0n) is 8.12. The van der Waals surface area contributed by atoms with Crippen molar-refractivity contribution in [3.63, 3.8) is 0 Å². The minimum atomic E-state index is 0.500. The molecule has 0 saturated carbocycles. The molecule has 0 spiro atoms. The zero-order chi connectivity index (χ0) is 11.5.